The second kappa shape index (κ2) is 5.53. The zero-order chi connectivity index (χ0) is 13.0. The Balaban J connectivity index is 2.64. The van der Waals surface area contributed by atoms with E-state index in [4.69, 9.17) is 10.8 Å². The van der Waals surface area contributed by atoms with Crippen LogP contribution < -0.4 is 11.1 Å². The molecule has 0 aliphatic heterocycles. The lowest BCUT2D eigenvalue weighted by Crippen LogP contribution is -2.35. The Bertz CT molecular complexity index is 392. The lowest BCUT2D eigenvalue weighted by atomic mass is 10.2. The molecule has 94 valence electrons. The van der Waals surface area contributed by atoms with E-state index in [2.05, 4.69) is 0 Å². The highest BCUT2D eigenvalue weighted by Gasteiger charge is 2.18. The smallest absolute Gasteiger partial charge is 0.265 e. The molecule has 0 radical (unpaired) electrons. The maximum atomic E-state index is 12.9. The molecule has 1 unspecified atom stereocenters. The standard InChI is InChI=1S/C10H11F3N2O2/c11-6-1-5(2-7(14)3-6)10(17)15-4-8(16)9(12)13/h1-3,8-9,16H,4,14H2,(H,15,17). The van der Waals surface area contributed by atoms with Crippen molar-refractivity contribution in [3.8, 4) is 0 Å². The number of amides is 1. The predicted octanol–water partition coefficient (Wildman–Crippen LogP) is 0.764. The molecule has 0 spiro atoms. The number of benzene rings is 1. The molecule has 0 saturated heterocycles. The number of halogens is 3. The molecule has 0 bridgehead atoms. The van der Waals surface area contributed by atoms with Gasteiger partial charge in [0.05, 0.1) is 0 Å². The van der Waals surface area contributed by atoms with Crippen LogP contribution >= 0.6 is 0 Å². The third-order valence-electron chi connectivity index (χ3n) is 1.94. The van der Waals surface area contributed by atoms with E-state index in [0.717, 1.165) is 12.1 Å². The number of anilines is 1. The highest BCUT2D eigenvalue weighted by atomic mass is 19.3. The van der Waals surface area contributed by atoms with Gasteiger partial charge in [-0.25, -0.2) is 13.2 Å². The summed E-state index contributed by atoms with van der Waals surface area (Å²) in [5.41, 5.74) is 5.26. The molecule has 4 N–H and O–H groups in total. The van der Waals surface area contributed by atoms with Crippen LogP contribution in [0.15, 0.2) is 18.2 Å². The molecule has 4 nitrogen and oxygen atoms in total. The monoisotopic (exact) mass is 248 g/mol. The van der Waals surface area contributed by atoms with Crippen molar-refractivity contribution in [1.82, 2.24) is 5.32 Å². The summed E-state index contributed by atoms with van der Waals surface area (Å²) in [5.74, 6) is -1.49. The number of aliphatic hydroxyl groups is 1. The van der Waals surface area contributed by atoms with Gasteiger partial charge in [0.15, 0.2) is 0 Å². The number of hydrogen-bond donors (Lipinski definition) is 3. The van der Waals surface area contributed by atoms with E-state index in [1.165, 1.54) is 6.07 Å². The molecule has 1 aromatic rings. The van der Waals surface area contributed by atoms with Gasteiger partial charge in [0.25, 0.3) is 12.3 Å². The van der Waals surface area contributed by atoms with Crippen molar-refractivity contribution < 1.29 is 23.1 Å². The number of nitrogens with two attached hydrogens (primary N) is 1. The maximum Gasteiger partial charge on any atom is 0.265 e. The molecule has 0 aliphatic carbocycles. The van der Waals surface area contributed by atoms with Gasteiger partial charge in [-0.3, -0.25) is 4.79 Å². The van der Waals surface area contributed by atoms with Crippen molar-refractivity contribution in [3.05, 3.63) is 29.6 Å². The lowest BCUT2D eigenvalue weighted by molar-refractivity contribution is -0.00270. The third-order valence-corrected chi connectivity index (χ3v) is 1.94. The molecule has 0 fully saturated rings. The Morgan fingerprint density at radius 1 is 1.41 bits per heavy atom. The van der Waals surface area contributed by atoms with Gasteiger partial charge < -0.3 is 16.2 Å². The van der Waals surface area contributed by atoms with Gasteiger partial charge in [0, 0.05) is 17.8 Å². The Morgan fingerprint density at radius 3 is 2.59 bits per heavy atom. The topological polar surface area (TPSA) is 75.4 Å². The normalized spacial score (nSPS) is 12.5. The largest absolute Gasteiger partial charge is 0.399 e. The molecule has 17 heavy (non-hydrogen) atoms. The van der Waals surface area contributed by atoms with Crippen LogP contribution in [0.2, 0.25) is 0 Å². The summed E-state index contributed by atoms with van der Waals surface area (Å²) in [4.78, 5) is 11.4. The van der Waals surface area contributed by atoms with Crippen molar-refractivity contribution in [1.29, 1.82) is 0 Å². The molecule has 1 atom stereocenters. The second-order valence-electron chi connectivity index (χ2n) is 3.39. The van der Waals surface area contributed by atoms with Crippen LogP contribution in [-0.4, -0.2) is 30.1 Å². The zero-order valence-electron chi connectivity index (χ0n) is 8.66. The lowest BCUT2D eigenvalue weighted by Gasteiger charge is -2.10. The van der Waals surface area contributed by atoms with Crippen LogP contribution in [0.4, 0.5) is 18.9 Å². The first-order valence-electron chi connectivity index (χ1n) is 4.70. The fraction of sp³-hybridized carbons (Fsp3) is 0.300. The fourth-order valence-corrected chi connectivity index (χ4v) is 1.13. The van der Waals surface area contributed by atoms with Crippen molar-refractivity contribution >= 4 is 11.6 Å². The van der Waals surface area contributed by atoms with Gasteiger partial charge in [-0.1, -0.05) is 0 Å². The number of alkyl halides is 2. The molecular weight excluding hydrogens is 237 g/mol. The first-order valence-corrected chi connectivity index (χ1v) is 4.70. The summed E-state index contributed by atoms with van der Waals surface area (Å²) in [7, 11) is 0. The van der Waals surface area contributed by atoms with Crippen LogP contribution in [0.25, 0.3) is 0 Å². The number of aliphatic hydroxyl groups excluding tert-OH is 1. The van der Waals surface area contributed by atoms with Crippen LogP contribution in [0, 0.1) is 5.82 Å². The number of hydrogen-bond acceptors (Lipinski definition) is 3. The van der Waals surface area contributed by atoms with E-state index in [1.807, 2.05) is 5.32 Å². The van der Waals surface area contributed by atoms with Crippen molar-refractivity contribution in [2.24, 2.45) is 0 Å². The van der Waals surface area contributed by atoms with E-state index in [0.29, 0.717) is 0 Å². The first-order chi connectivity index (χ1) is 7.90. The second-order valence-corrected chi connectivity index (χ2v) is 3.39. The molecule has 0 saturated carbocycles. The van der Waals surface area contributed by atoms with Crippen molar-refractivity contribution in [2.75, 3.05) is 12.3 Å². The summed E-state index contributed by atoms with van der Waals surface area (Å²) < 4.78 is 36.7. The van der Waals surface area contributed by atoms with Crippen LogP contribution in [-0.2, 0) is 0 Å². The van der Waals surface area contributed by atoms with Gasteiger partial charge in [-0.05, 0) is 18.2 Å². The third kappa shape index (κ3) is 3.95. The van der Waals surface area contributed by atoms with Gasteiger partial charge in [0.2, 0.25) is 0 Å². The number of rotatable bonds is 4. The van der Waals surface area contributed by atoms with Crippen LogP contribution in [0.5, 0.6) is 0 Å². The number of carbonyl (C=O) groups excluding carboxylic acids is 1. The average Bonchev–Trinajstić information content (AvgIpc) is 2.23. The number of carbonyl (C=O) groups is 1. The molecule has 1 amide bonds. The van der Waals surface area contributed by atoms with Gasteiger partial charge in [-0.15, -0.1) is 0 Å². The Hall–Kier alpha value is -1.76. The predicted molar refractivity (Wildman–Crippen MR) is 55.2 cm³/mol. The minimum Gasteiger partial charge on any atom is -0.399 e. The molecular formula is C10H11F3N2O2. The zero-order valence-corrected chi connectivity index (χ0v) is 8.66. The average molecular weight is 248 g/mol. The fourth-order valence-electron chi connectivity index (χ4n) is 1.13. The summed E-state index contributed by atoms with van der Waals surface area (Å²) in [6.45, 7) is -0.618. The summed E-state index contributed by atoms with van der Waals surface area (Å²) in [6.07, 6.45) is -4.90. The Kier molecular flexibility index (Phi) is 4.33. The number of nitrogens with one attached hydrogen (secondary N) is 1. The molecule has 0 aliphatic rings. The highest BCUT2D eigenvalue weighted by Crippen LogP contribution is 2.10. The summed E-state index contributed by atoms with van der Waals surface area (Å²) in [5, 5.41) is 10.8. The summed E-state index contributed by atoms with van der Waals surface area (Å²) in [6, 6.07) is 3.14. The first kappa shape index (κ1) is 13.3. The minimum absolute atomic E-state index is 0.0459. The molecule has 0 aromatic heterocycles. The van der Waals surface area contributed by atoms with Crippen LogP contribution in [0.3, 0.4) is 0 Å². The van der Waals surface area contributed by atoms with E-state index in [9.17, 15) is 18.0 Å². The van der Waals surface area contributed by atoms with Gasteiger partial charge in [0.1, 0.15) is 11.9 Å². The summed E-state index contributed by atoms with van der Waals surface area (Å²) >= 11 is 0. The SMILES string of the molecule is Nc1cc(F)cc(C(=O)NCC(O)C(F)F)c1. The van der Waals surface area contributed by atoms with Crippen molar-refractivity contribution in [2.45, 2.75) is 12.5 Å². The quantitative estimate of drug-likeness (QED) is 0.689. The van der Waals surface area contributed by atoms with E-state index in [1.54, 1.807) is 0 Å². The Labute approximate surface area is 95.2 Å². The highest BCUT2D eigenvalue weighted by molar-refractivity contribution is 5.95. The van der Waals surface area contributed by atoms with E-state index in [-0.39, 0.29) is 11.3 Å². The van der Waals surface area contributed by atoms with Crippen molar-refractivity contribution in [3.63, 3.8) is 0 Å². The number of nitrogen functional groups attached to an aromatic ring is 1. The maximum absolute atomic E-state index is 12.9. The van der Waals surface area contributed by atoms with E-state index < -0.39 is 30.8 Å². The van der Waals surface area contributed by atoms with Gasteiger partial charge in [-0.2, -0.15) is 0 Å². The molecule has 1 aromatic carbocycles. The van der Waals surface area contributed by atoms with Gasteiger partial charge >= 0.3 is 0 Å². The molecule has 0 heterocycles. The Morgan fingerprint density at radius 2 is 2.06 bits per heavy atom. The van der Waals surface area contributed by atoms with Crippen LogP contribution in [0.1, 0.15) is 10.4 Å². The van der Waals surface area contributed by atoms with E-state index >= 15 is 0 Å². The molecule has 7 heteroatoms. The minimum atomic E-state index is -2.95. The molecule has 1 rings (SSSR count).